The van der Waals surface area contributed by atoms with Gasteiger partial charge in [0.1, 0.15) is 5.56 Å². The second kappa shape index (κ2) is 4.03. The quantitative estimate of drug-likeness (QED) is 0.496. The zero-order chi connectivity index (χ0) is 10.7. The number of pyridine rings is 1. The highest BCUT2D eigenvalue weighted by Crippen LogP contribution is 2.06. The van der Waals surface area contributed by atoms with Crippen LogP contribution >= 0.6 is 0 Å². The van der Waals surface area contributed by atoms with Gasteiger partial charge in [0.05, 0.1) is 0 Å². The van der Waals surface area contributed by atoms with Crippen molar-refractivity contribution in [2.24, 2.45) is 11.5 Å². The van der Waals surface area contributed by atoms with Crippen molar-refractivity contribution in [3.05, 3.63) is 33.7 Å². The van der Waals surface area contributed by atoms with E-state index in [0.717, 1.165) is 0 Å². The summed E-state index contributed by atoms with van der Waals surface area (Å²) < 4.78 is 0. The summed E-state index contributed by atoms with van der Waals surface area (Å²) in [5.74, 6) is -1.28. The molecule has 0 aliphatic rings. The number of aromatic nitrogens is 1. The van der Waals surface area contributed by atoms with Crippen LogP contribution in [0.15, 0.2) is 17.1 Å². The molecular formula is C8H11N3O3. The molecule has 6 heteroatoms. The molecule has 0 saturated carbocycles. The molecule has 1 aromatic heterocycles. The average molecular weight is 197 g/mol. The van der Waals surface area contributed by atoms with Gasteiger partial charge in [-0.05, 0) is 11.6 Å². The maximum Gasteiger partial charge on any atom is 0.341 e. The molecule has 1 unspecified atom stereocenters. The first kappa shape index (κ1) is 10.4. The predicted molar refractivity (Wildman–Crippen MR) is 50.0 cm³/mol. The van der Waals surface area contributed by atoms with Gasteiger partial charge >= 0.3 is 5.97 Å². The van der Waals surface area contributed by atoms with Crippen LogP contribution in [0.2, 0.25) is 0 Å². The van der Waals surface area contributed by atoms with Gasteiger partial charge in [0.2, 0.25) is 0 Å². The number of carbonyl (C=O) groups is 1. The third-order valence-electron chi connectivity index (χ3n) is 1.84. The Balaban J connectivity index is 3.19. The van der Waals surface area contributed by atoms with E-state index >= 15 is 0 Å². The number of aromatic carboxylic acids is 1. The van der Waals surface area contributed by atoms with Gasteiger partial charge in [-0.15, -0.1) is 0 Å². The van der Waals surface area contributed by atoms with E-state index in [1.165, 1.54) is 12.3 Å². The molecule has 14 heavy (non-hydrogen) atoms. The van der Waals surface area contributed by atoms with E-state index in [1.54, 1.807) is 0 Å². The van der Waals surface area contributed by atoms with E-state index in [9.17, 15) is 9.59 Å². The lowest BCUT2D eigenvalue weighted by molar-refractivity contribution is 0.0695. The Labute approximate surface area is 79.5 Å². The van der Waals surface area contributed by atoms with E-state index in [0.29, 0.717) is 5.56 Å². The van der Waals surface area contributed by atoms with Crippen LogP contribution in [0.25, 0.3) is 0 Å². The molecule has 0 aliphatic heterocycles. The highest BCUT2D eigenvalue weighted by molar-refractivity contribution is 5.87. The summed E-state index contributed by atoms with van der Waals surface area (Å²) in [6, 6.07) is 0.767. The van der Waals surface area contributed by atoms with Crippen molar-refractivity contribution < 1.29 is 9.90 Å². The number of aromatic amines is 1. The van der Waals surface area contributed by atoms with Crippen molar-refractivity contribution >= 4 is 5.97 Å². The fourth-order valence-corrected chi connectivity index (χ4v) is 1.01. The normalized spacial score (nSPS) is 12.4. The predicted octanol–water partition coefficient (Wildman–Crippen LogP) is -0.968. The molecule has 1 rings (SSSR count). The Kier molecular flexibility index (Phi) is 3.00. The molecule has 1 heterocycles. The van der Waals surface area contributed by atoms with E-state index < -0.39 is 17.6 Å². The van der Waals surface area contributed by atoms with Crippen molar-refractivity contribution in [1.82, 2.24) is 4.98 Å². The van der Waals surface area contributed by atoms with E-state index in [4.69, 9.17) is 16.6 Å². The summed E-state index contributed by atoms with van der Waals surface area (Å²) >= 11 is 0. The molecule has 6 nitrogen and oxygen atoms in total. The van der Waals surface area contributed by atoms with Crippen molar-refractivity contribution in [2.45, 2.75) is 6.04 Å². The molecule has 1 atom stereocenters. The summed E-state index contributed by atoms with van der Waals surface area (Å²) in [5, 5.41) is 8.65. The molecule has 1 aromatic rings. The fraction of sp³-hybridized carbons (Fsp3) is 0.250. The Morgan fingerprint density at radius 1 is 1.64 bits per heavy atom. The van der Waals surface area contributed by atoms with E-state index in [2.05, 4.69) is 4.98 Å². The minimum atomic E-state index is -1.28. The highest BCUT2D eigenvalue weighted by atomic mass is 16.4. The second-order valence-electron chi connectivity index (χ2n) is 2.82. The Morgan fingerprint density at radius 2 is 2.29 bits per heavy atom. The third-order valence-corrected chi connectivity index (χ3v) is 1.84. The topological polar surface area (TPSA) is 122 Å². The van der Waals surface area contributed by atoms with Gasteiger partial charge in [0.25, 0.3) is 5.56 Å². The molecule has 0 aliphatic carbocycles. The van der Waals surface area contributed by atoms with Gasteiger partial charge in [-0.2, -0.15) is 0 Å². The molecule has 0 spiro atoms. The maximum atomic E-state index is 11.0. The van der Waals surface area contributed by atoms with Crippen LogP contribution < -0.4 is 17.0 Å². The van der Waals surface area contributed by atoms with Crippen LogP contribution in [-0.2, 0) is 0 Å². The molecule has 6 N–H and O–H groups in total. The molecule has 0 radical (unpaired) electrons. The first-order valence-corrected chi connectivity index (χ1v) is 3.98. The molecular weight excluding hydrogens is 186 g/mol. The van der Waals surface area contributed by atoms with Gasteiger partial charge in [-0.3, -0.25) is 4.79 Å². The number of H-pyrrole nitrogens is 1. The zero-order valence-electron chi connectivity index (χ0n) is 7.36. The number of nitrogens with two attached hydrogens (primary N) is 2. The third kappa shape index (κ3) is 1.98. The first-order valence-electron chi connectivity index (χ1n) is 3.98. The maximum absolute atomic E-state index is 11.0. The van der Waals surface area contributed by atoms with E-state index in [1.807, 2.05) is 0 Å². The number of nitrogens with one attached hydrogen (secondary N) is 1. The smallest absolute Gasteiger partial charge is 0.341 e. The molecule has 0 fully saturated rings. The summed E-state index contributed by atoms with van der Waals surface area (Å²) in [4.78, 5) is 23.9. The van der Waals surface area contributed by atoms with Crippen LogP contribution in [0.4, 0.5) is 0 Å². The number of hydrogen-bond donors (Lipinski definition) is 4. The monoisotopic (exact) mass is 197 g/mol. The number of rotatable bonds is 3. The van der Waals surface area contributed by atoms with Crippen LogP contribution in [0.3, 0.4) is 0 Å². The van der Waals surface area contributed by atoms with Gasteiger partial charge < -0.3 is 21.6 Å². The molecule has 0 saturated heterocycles. The number of hydrogen-bond acceptors (Lipinski definition) is 4. The summed E-state index contributed by atoms with van der Waals surface area (Å²) in [6.07, 6.45) is 1.37. The fourth-order valence-electron chi connectivity index (χ4n) is 1.01. The van der Waals surface area contributed by atoms with E-state index in [-0.39, 0.29) is 12.1 Å². The minimum absolute atomic E-state index is 0.186. The lowest BCUT2D eigenvalue weighted by Crippen LogP contribution is -2.24. The Bertz CT molecular complexity index is 399. The summed E-state index contributed by atoms with van der Waals surface area (Å²) in [6.45, 7) is 0.186. The van der Waals surface area contributed by atoms with Crippen molar-refractivity contribution in [1.29, 1.82) is 0 Å². The lowest BCUT2D eigenvalue weighted by Gasteiger charge is -2.08. The summed E-state index contributed by atoms with van der Waals surface area (Å²) in [5.41, 5.74) is 10.4. The largest absolute Gasteiger partial charge is 0.477 e. The van der Waals surface area contributed by atoms with Crippen LogP contribution in [0.1, 0.15) is 22.0 Å². The van der Waals surface area contributed by atoms with Crippen LogP contribution in [0, 0.1) is 0 Å². The molecule has 76 valence electrons. The van der Waals surface area contributed by atoms with Crippen molar-refractivity contribution in [3.8, 4) is 0 Å². The van der Waals surface area contributed by atoms with Crippen molar-refractivity contribution in [3.63, 3.8) is 0 Å². The lowest BCUT2D eigenvalue weighted by atomic mass is 10.1. The van der Waals surface area contributed by atoms with Crippen LogP contribution in [-0.4, -0.2) is 22.6 Å². The molecule has 0 bridgehead atoms. The minimum Gasteiger partial charge on any atom is -0.477 e. The Morgan fingerprint density at radius 3 is 2.79 bits per heavy atom. The highest BCUT2D eigenvalue weighted by Gasteiger charge is 2.11. The standard InChI is InChI=1S/C8H11N3O3/c9-2-6(10)4-1-5(8(13)14)7(12)11-3-4/h1,3,6H,2,9-10H2,(H,11,12)(H,13,14). The number of carboxylic acids is 1. The van der Waals surface area contributed by atoms with Gasteiger partial charge in [-0.1, -0.05) is 0 Å². The van der Waals surface area contributed by atoms with Crippen LogP contribution in [0.5, 0.6) is 0 Å². The zero-order valence-corrected chi connectivity index (χ0v) is 7.36. The SMILES string of the molecule is NCC(N)c1c[nH]c(=O)c(C(=O)O)c1. The first-order chi connectivity index (χ1) is 6.56. The van der Waals surface area contributed by atoms with Gasteiger partial charge in [-0.25, -0.2) is 4.79 Å². The molecule has 0 aromatic carbocycles. The Hall–Kier alpha value is -1.66. The van der Waals surface area contributed by atoms with Gasteiger partial charge in [0, 0.05) is 18.8 Å². The number of carboxylic acid groups (broad SMARTS) is 1. The van der Waals surface area contributed by atoms with Gasteiger partial charge in [0.15, 0.2) is 0 Å². The second-order valence-corrected chi connectivity index (χ2v) is 2.82. The average Bonchev–Trinajstić information content (AvgIpc) is 2.17. The molecule has 0 amide bonds. The van der Waals surface area contributed by atoms with Crippen molar-refractivity contribution in [2.75, 3.05) is 6.54 Å². The summed E-state index contributed by atoms with van der Waals surface area (Å²) in [7, 11) is 0.